The molecule has 1 fully saturated rings. The highest BCUT2D eigenvalue weighted by atomic mass is 32.2. The molecule has 0 spiro atoms. The Morgan fingerprint density at radius 3 is 2.22 bits per heavy atom. The number of hydrogen-bond acceptors (Lipinski definition) is 6. The molecule has 1 aliphatic rings. The van der Waals surface area contributed by atoms with Gasteiger partial charge in [-0.3, -0.25) is 4.79 Å². The molecular formula is C31H33N3O6S. The molecule has 0 aromatic heterocycles. The molecule has 0 aliphatic carbocycles. The second kappa shape index (κ2) is 12.5. The van der Waals surface area contributed by atoms with Gasteiger partial charge in [-0.2, -0.15) is 4.31 Å². The number of phenols is 1. The lowest BCUT2D eigenvalue weighted by Gasteiger charge is -2.36. The maximum Gasteiger partial charge on any atom is 0.339 e. The Bertz CT molecular complexity index is 1550. The molecule has 0 bridgehead atoms. The number of nitrogens with zero attached hydrogens (tertiary/aromatic N) is 3. The summed E-state index contributed by atoms with van der Waals surface area (Å²) in [5, 5.41) is 19.7. The SMILES string of the molecule is C#Cc1ccc(N2CCC(CN(C(=O)CN(C)S(=O)(=O)c3ccc(C)cc3)c3ccc(C(=O)O)c(O)c3)CC2)cc1. The Morgan fingerprint density at radius 2 is 1.66 bits per heavy atom. The van der Waals surface area contributed by atoms with E-state index >= 15 is 0 Å². The van der Waals surface area contributed by atoms with Crippen molar-refractivity contribution in [2.24, 2.45) is 5.92 Å². The molecule has 2 N–H and O–H groups in total. The van der Waals surface area contributed by atoms with Crippen molar-refractivity contribution in [1.29, 1.82) is 0 Å². The van der Waals surface area contributed by atoms with E-state index in [0.717, 1.165) is 47.1 Å². The van der Waals surface area contributed by atoms with E-state index in [1.54, 1.807) is 12.1 Å². The number of hydrogen-bond donors (Lipinski definition) is 2. The third-order valence-corrected chi connectivity index (χ3v) is 9.18. The zero-order chi connectivity index (χ0) is 29.7. The number of anilines is 2. The number of aryl methyl sites for hydroxylation is 1. The van der Waals surface area contributed by atoms with Gasteiger partial charge in [0.05, 0.1) is 11.4 Å². The molecule has 9 nitrogen and oxygen atoms in total. The van der Waals surface area contributed by atoms with Crippen molar-refractivity contribution < 1.29 is 28.2 Å². The third kappa shape index (κ3) is 6.88. The number of aromatic carboxylic acids is 1. The number of carbonyl (C=O) groups excluding carboxylic acids is 1. The average molecular weight is 576 g/mol. The summed E-state index contributed by atoms with van der Waals surface area (Å²) in [4.78, 5) is 28.8. The number of terminal acetylenes is 1. The number of amides is 1. The second-order valence-electron chi connectivity index (χ2n) is 10.2. The van der Waals surface area contributed by atoms with Crippen LogP contribution in [0.4, 0.5) is 11.4 Å². The Balaban J connectivity index is 1.52. The molecule has 41 heavy (non-hydrogen) atoms. The fourth-order valence-corrected chi connectivity index (χ4v) is 5.99. The molecule has 0 radical (unpaired) electrons. The van der Waals surface area contributed by atoms with E-state index in [-0.39, 0.29) is 22.9 Å². The van der Waals surface area contributed by atoms with Gasteiger partial charge < -0.3 is 20.0 Å². The van der Waals surface area contributed by atoms with Crippen LogP contribution in [-0.2, 0) is 14.8 Å². The number of sulfonamides is 1. The molecule has 1 amide bonds. The second-order valence-corrected chi connectivity index (χ2v) is 12.3. The monoisotopic (exact) mass is 575 g/mol. The first-order valence-corrected chi connectivity index (χ1v) is 14.6. The van der Waals surface area contributed by atoms with Gasteiger partial charge in [0.25, 0.3) is 0 Å². The molecule has 0 unspecified atom stereocenters. The minimum absolute atomic E-state index is 0.0797. The molecule has 1 aliphatic heterocycles. The minimum Gasteiger partial charge on any atom is -0.507 e. The van der Waals surface area contributed by atoms with Gasteiger partial charge in [-0.15, -0.1) is 6.42 Å². The molecule has 4 rings (SSSR count). The van der Waals surface area contributed by atoms with E-state index in [4.69, 9.17) is 6.42 Å². The molecule has 3 aromatic carbocycles. The number of carboxylic acids is 1. The van der Waals surface area contributed by atoms with Gasteiger partial charge in [0.2, 0.25) is 15.9 Å². The van der Waals surface area contributed by atoms with Gasteiger partial charge in [-0.05, 0) is 74.2 Å². The lowest BCUT2D eigenvalue weighted by Crippen LogP contribution is -2.45. The highest BCUT2D eigenvalue weighted by Crippen LogP contribution is 2.29. The van der Waals surface area contributed by atoms with Gasteiger partial charge in [-0.25, -0.2) is 13.2 Å². The quantitative estimate of drug-likeness (QED) is 0.371. The van der Waals surface area contributed by atoms with E-state index in [1.807, 2.05) is 31.2 Å². The first-order chi connectivity index (χ1) is 19.5. The minimum atomic E-state index is -3.93. The van der Waals surface area contributed by atoms with Crippen molar-refractivity contribution in [2.75, 3.05) is 43.0 Å². The Hall–Kier alpha value is -4.33. The third-order valence-electron chi connectivity index (χ3n) is 7.37. The number of carboxylic acid groups (broad SMARTS) is 1. The standard InChI is InChI=1S/C31H33N3O6S/c1-4-23-7-9-25(10-8-23)33-17-15-24(16-18-33)20-34(26-11-14-28(31(37)38)29(35)19-26)30(36)21-32(3)41(39,40)27-12-5-22(2)6-13-27/h1,5-14,19,24,35H,15-18,20-21H2,2-3H3,(H,37,38). The van der Waals surface area contributed by atoms with Gasteiger partial charge in [0, 0.05) is 49.7 Å². The van der Waals surface area contributed by atoms with Crippen LogP contribution in [0.5, 0.6) is 5.75 Å². The molecule has 0 atom stereocenters. The van der Waals surface area contributed by atoms with E-state index in [9.17, 15) is 28.2 Å². The van der Waals surface area contributed by atoms with Crippen molar-refractivity contribution in [3.63, 3.8) is 0 Å². The van der Waals surface area contributed by atoms with Crippen molar-refractivity contribution in [2.45, 2.75) is 24.7 Å². The number of benzene rings is 3. The fraction of sp³-hybridized carbons (Fsp3) is 0.290. The maximum absolute atomic E-state index is 13.6. The molecular weight excluding hydrogens is 542 g/mol. The number of rotatable bonds is 9. The Labute approximate surface area is 240 Å². The summed E-state index contributed by atoms with van der Waals surface area (Å²) in [6, 6.07) is 18.1. The molecule has 1 heterocycles. The number of carbonyl (C=O) groups is 2. The highest BCUT2D eigenvalue weighted by Gasteiger charge is 2.29. The van der Waals surface area contributed by atoms with Gasteiger partial charge in [0.1, 0.15) is 11.3 Å². The Morgan fingerprint density at radius 1 is 1.02 bits per heavy atom. The van der Waals surface area contributed by atoms with Crippen LogP contribution in [0.25, 0.3) is 0 Å². The first-order valence-electron chi connectivity index (χ1n) is 13.2. The summed E-state index contributed by atoms with van der Waals surface area (Å²) in [6.07, 6.45) is 7.01. The summed E-state index contributed by atoms with van der Waals surface area (Å²) in [5.41, 5.74) is 2.79. The molecule has 0 saturated carbocycles. The topological polar surface area (TPSA) is 118 Å². The van der Waals surface area contributed by atoms with Crippen molar-refractivity contribution in [3.8, 4) is 18.1 Å². The van der Waals surface area contributed by atoms with Crippen LogP contribution in [0.15, 0.2) is 71.6 Å². The zero-order valence-electron chi connectivity index (χ0n) is 23.0. The first kappa shape index (κ1) is 29.6. The van der Waals surface area contributed by atoms with Crippen LogP contribution in [0, 0.1) is 25.2 Å². The molecule has 3 aromatic rings. The highest BCUT2D eigenvalue weighted by molar-refractivity contribution is 7.89. The molecule has 10 heteroatoms. The van der Waals surface area contributed by atoms with E-state index in [0.29, 0.717) is 5.69 Å². The van der Waals surface area contributed by atoms with Crippen molar-refractivity contribution in [1.82, 2.24) is 4.31 Å². The van der Waals surface area contributed by atoms with Crippen molar-refractivity contribution in [3.05, 3.63) is 83.4 Å². The van der Waals surface area contributed by atoms with E-state index in [2.05, 4.69) is 10.8 Å². The van der Waals surface area contributed by atoms with Crippen molar-refractivity contribution >= 4 is 33.3 Å². The fourth-order valence-electron chi connectivity index (χ4n) is 4.87. The summed E-state index contributed by atoms with van der Waals surface area (Å²) in [5.74, 6) is 0.455. The predicted octanol–water partition coefficient (Wildman–Crippen LogP) is 3.95. The average Bonchev–Trinajstić information content (AvgIpc) is 2.96. The van der Waals surface area contributed by atoms with Crippen LogP contribution in [-0.4, -0.2) is 68.0 Å². The zero-order valence-corrected chi connectivity index (χ0v) is 23.8. The lowest BCUT2D eigenvalue weighted by molar-refractivity contribution is -0.118. The number of piperidine rings is 1. The van der Waals surface area contributed by atoms with E-state index < -0.39 is 34.2 Å². The molecule has 1 saturated heterocycles. The van der Waals surface area contributed by atoms with Crippen LogP contribution >= 0.6 is 0 Å². The van der Waals surface area contributed by atoms with Crippen LogP contribution in [0.2, 0.25) is 0 Å². The lowest BCUT2D eigenvalue weighted by atomic mass is 9.95. The maximum atomic E-state index is 13.6. The summed E-state index contributed by atoms with van der Waals surface area (Å²) >= 11 is 0. The smallest absolute Gasteiger partial charge is 0.339 e. The number of aromatic hydroxyl groups is 1. The predicted molar refractivity (Wildman–Crippen MR) is 158 cm³/mol. The largest absolute Gasteiger partial charge is 0.507 e. The van der Waals surface area contributed by atoms with Gasteiger partial charge in [0.15, 0.2) is 0 Å². The normalized spacial score (nSPS) is 14.0. The van der Waals surface area contributed by atoms with Crippen LogP contribution in [0.1, 0.15) is 34.3 Å². The summed E-state index contributed by atoms with van der Waals surface area (Å²) in [6.45, 7) is 3.22. The number of likely N-dealkylation sites (N-methyl/N-ethyl adjacent to an activating group) is 1. The Kier molecular flexibility index (Phi) is 9.01. The van der Waals surface area contributed by atoms with Gasteiger partial charge >= 0.3 is 5.97 Å². The van der Waals surface area contributed by atoms with Gasteiger partial charge in [-0.1, -0.05) is 23.6 Å². The summed E-state index contributed by atoms with van der Waals surface area (Å²) < 4.78 is 27.3. The van der Waals surface area contributed by atoms with Crippen LogP contribution in [0.3, 0.4) is 0 Å². The van der Waals surface area contributed by atoms with E-state index in [1.165, 1.54) is 42.3 Å². The van der Waals surface area contributed by atoms with Crippen LogP contribution < -0.4 is 9.80 Å². The molecule has 214 valence electrons. The summed E-state index contributed by atoms with van der Waals surface area (Å²) in [7, 11) is -2.58.